The molecule has 0 spiro atoms. The van der Waals surface area contributed by atoms with E-state index in [-0.39, 0.29) is 79.1 Å². The first-order chi connectivity index (χ1) is 0. The third kappa shape index (κ3) is 8.88. The summed E-state index contributed by atoms with van der Waals surface area (Å²) in [6.07, 6.45) is 0. The zero-order valence-corrected chi connectivity index (χ0v) is 7.63. The first-order valence-corrected chi connectivity index (χ1v) is 0. The van der Waals surface area contributed by atoms with Crippen LogP contribution in [0.3, 0.4) is 0 Å². The van der Waals surface area contributed by atoms with Crippen LogP contribution in [0.5, 0.6) is 0 Å². The Bertz CT molecular complexity index is 11.5. The fourth-order valence-corrected chi connectivity index (χ4v) is 0. The average molecular weight is 104 g/mol. The third-order valence-corrected chi connectivity index (χ3v) is 0. The van der Waals surface area contributed by atoms with Gasteiger partial charge >= 0.3 is 59.1 Å². The van der Waals surface area contributed by atoms with Gasteiger partial charge in [-0.05, 0) is 0 Å². The van der Waals surface area contributed by atoms with E-state index in [1.54, 1.807) is 0 Å². The Balaban J connectivity index is 0. The molecule has 20 valence electrons. The van der Waals surface area contributed by atoms with Crippen LogP contribution in [-0.4, -0.2) is 0 Å². The molecule has 0 unspecified atom stereocenters. The molecular weight excluding hydrogens is 100 g/mol. The first kappa shape index (κ1) is 34.4. The molecule has 0 aliphatic rings. The van der Waals surface area contributed by atoms with Gasteiger partial charge in [0.1, 0.15) is 0 Å². The zero-order chi connectivity index (χ0) is 0. The summed E-state index contributed by atoms with van der Waals surface area (Å²) in [5.74, 6) is 0. The second kappa shape index (κ2) is 18.9. The molecule has 0 fully saturated rings. The van der Waals surface area contributed by atoms with Gasteiger partial charge in [-0.1, -0.05) is 0 Å². The number of halogens is 2. The maximum atomic E-state index is 0. The molecule has 0 atom stereocenters. The fourth-order valence-electron chi connectivity index (χ4n) is 0. The standard InChI is InChI=1S/ClH.FH.2Na.2H/h2*1H;;;;/q;;2*+1;2*-1. The Labute approximate surface area is 78.0 Å². The summed E-state index contributed by atoms with van der Waals surface area (Å²) in [6.45, 7) is 0. The van der Waals surface area contributed by atoms with Crippen LogP contribution >= 0.6 is 12.4 Å². The molecule has 0 rings (SSSR count). The minimum atomic E-state index is 0. The van der Waals surface area contributed by atoms with Gasteiger partial charge in [-0.25, -0.2) is 0 Å². The molecule has 0 nitrogen and oxygen atoms in total. The Hall–Kier alpha value is 2.22. The van der Waals surface area contributed by atoms with Gasteiger partial charge < -0.3 is 2.85 Å². The van der Waals surface area contributed by atoms with Crippen molar-refractivity contribution in [3.8, 4) is 0 Å². The van der Waals surface area contributed by atoms with Crippen LogP contribution in [0.4, 0.5) is 4.70 Å². The monoisotopic (exact) mass is 104 g/mol. The second-order valence-corrected chi connectivity index (χ2v) is 0. The van der Waals surface area contributed by atoms with E-state index in [1.165, 1.54) is 0 Å². The Kier molecular flexibility index (Phi) is 162. The van der Waals surface area contributed by atoms with Gasteiger partial charge in [-0.3, -0.25) is 4.70 Å². The van der Waals surface area contributed by atoms with Gasteiger partial charge in [0.05, 0.1) is 0 Å². The molecule has 0 aromatic carbocycles. The van der Waals surface area contributed by atoms with E-state index < -0.39 is 0 Å². The quantitative estimate of drug-likeness (QED) is 0.270. The summed E-state index contributed by atoms with van der Waals surface area (Å²) in [4.78, 5) is 0. The van der Waals surface area contributed by atoms with Crippen molar-refractivity contribution in [2.24, 2.45) is 0 Å². The van der Waals surface area contributed by atoms with E-state index in [2.05, 4.69) is 0 Å². The summed E-state index contributed by atoms with van der Waals surface area (Å²) in [5, 5.41) is 0. The molecule has 0 radical (unpaired) electrons. The van der Waals surface area contributed by atoms with Gasteiger partial charge in [0, 0.05) is 0 Å². The third-order valence-electron chi connectivity index (χ3n) is 0. The van der Waals surface area contributed by atoms with Crippen molar-refractivity contribution < 1.29 is 66.7 Å². The van der Waals surface area contributed by atoms with Crippen LogP contribution in [0.2, 0.25) is 0 Å². The minimum absolute atomic E-state index is 0. The number of rotatable bonds is 0. The number of hydrogen-bond acceptors (Lipinski definition) is 0. The molecule has 0 aromatic rings. The topological polar surface area (TPSA) is 0 Å². The Morgan fingerprint density at radius 2 is 1.00 bits per heavy atom. The smallest absolute Gasteiger partial charge is 1.00 e. The molecule has 0 amide bonds. The average Bonchev–Trinajstić information content (AvgIpc) is 0. The first-order valence-electron chi connectivity index (χ1n) is 0. The molecular formula is H4ClFNa2. The van der Waals surface area contributed by atoms with Gasteiger partial charge in [0.25, 0.3) is 0 Å². The zero-order valence-electron chi connectivity index (χ0n) is 4.82. The second-order valence-electron chi connectivity index (χ2n) is 0. The predicted molar refractivity (Wildman–Crippen MR) is 12.0 cm³/mol. The summed E-state index contributed by atoms with van der Waals surface area (Å²) in [6, 6.07) is 0. The van der Waals surface area contributed by atoms with Crippen LogP contribution in [0.25, 0.3) is 0 Å². The molecule has 4 heavy (non-hydrogen) atoms. The maximum Gasteiger partial charge on any atom is 1.00 e. The summed E-state index contributed by atoms with van der Waals surface area (Å²) in [7, 11) is 0. The normalized spacial score (nSPS) is 0. The molecule has 4 heteroatoms. The molecule has 0 bridgehead atoms. The van der Waals surface area contributed by atoms with Crippen LogP contribution in [-0.2, 0) is 0 Å². The van der Waals surface area contributed by atoms with Gasteiger partial charge in [0.15, 0.2) is 0 Å². The van der Waals surface area contributed by atoms with Crippen LogP contribution in [0.1, 0.15) is 2.85 Å². The predicted octanol–water partition coefficient (Wildman–Crippen LogP) is -5.19. The van der Waals surface area contributed by atoms with Crippen molar-refractivity contribution >= 4 is 12.4 Å². The van der Waals surface area contributed by atoms with Crippen LogP contribution < -0.4 is 59.1 Å². The van der Waals surface area contributed by atoms with Crippen molar-refractivity contribution in [2.75, 3.05) is 0 Å². The molecule has 0 saturated carbocycles. The minimum Gasteiger partial charge on any atom is -1.00 e. The fraction of sp³-hybridized carbons (Fsp3) is 0. The van der Waals surface area contributed by atoms with Gasteiger partial charge in [-0.2, -0.15) is 0 Å². The van der Waals surface area contributed by atoms with Crippen LogP contribution in [0, 0.1) is 0 Å². The Morgan fingerprint density at radius 3 is 1.00 bits per heavy atom. The van der Waals surface area contributed by atoms with Crippen molar-refractivity contribution in [1.29, 1.82) is 0 Å². The van der Waals surface area contributed by atoms with E-state index in [4.69, 9.17) is 0 Å². The Morgan fingerprint density at radius 1 is 1.00 bits per heavy atom. The largest absolute Gasteiger partial charge is 1.00 e. The van der Waals surface area contributed by atoms with E-state index in [0.717, 1.165) is 0 Å². The molecule has 0 aromatic heterocycles. The van der Waals surface area contributed by atoms with Gasteiger partial charge in [0.2, 0.25) is 0 Å². The van der Waals surface area contributed by atoms with E-state index in [1.807, 2.05) is 0 Å². The maximum absolute atomic E-state index is 0. The van der Waals surface area contributed by atoms with E-state index in [9.17, 15) is 0 Å². The van der Waals surface area contributed by atoms with Crippen molar-refractivity contribution in [2.45, 2.75) is 0 Å². The molecule has 0 saturated heterocycles. The molecule has 0 aliphatic carbocycles. The summed E-state index contributed by atoms with van der Waals surface area (Å²) in [5.41, 5.74) is 0. The summed E-state index contributed by atoms with van der Waals surface area (Å²) >= 11 is 0. The van der Waals surface area contributed by atoms with Crippen molar-refractivity contribution in [3.63, 3.8) is 0 Å². The summed E-state index contributed by atoms with van der Waals surface area (Å²) < 4.78 is 0. The molecule has 0 heterocycles. The number of hydrogen-bond donors (Lipinski definition) is 0. The van der Waals surface area contributed by atoms with E-state index in [0.29, 0.717) is 0 Å². The van der Waals surface area contributed by atoms with Gasteiger partial charge in [-0.15, -0.1) is 12.4 Å². The molecule has 0 aliphatic heterocycles. The van der Waals surface area contributed by atoms with Crippen molar-refractivity contribution in [3.05, 3.63) is 0 Å². The SMILES string of the molecule is Cl.F.[H-].[H-].[Na+].[Na+]. The molecule has 0 N–H and O–H groups in total. The van der Waals surface area contributed by atoms with Crippen molar-refractivity contribution in [1.82, 2.24) is 0 Å². The van der Waals surface area contributed by atoms with E-state index >= 15 is 0 Å². The van der Waals surface area contributed by atoms with Crippen LogP contribution in [0.15, 0.2) is 0 Å².